The molecule has 10 heteroatoms. The van der Waals surface area contributed by atoms with Crippen LogP contribution in [-0.2, 0) is 26.2 Å². The fourth-order valence-corrected chi connectivity index (χ4v) is 6.60. The maximum Gasteiger partial charge on any atom is 0.328 e. The maximum absolute atomic E-state index is 13.1. The van der Waals surface area contributed by atoms with Crippen LogP contribution in [0.25, 0.3) is 21.8 Å². The Morgan fingerprint density at radius 3 is 1.22 bits per heavy atom. The van der Waals surface area contributed by atoms with Gasteiger partial charge in [0.25, 0.3) is 11.1 Å². The van der Waals surface area contributed by atoms with Crippen molar-refractivity contribution in [3.63, 3.8) is 0 Å². The Morgan fingerprint density at radius 1 is 0.440 bits per heavy atom. The number of rotatable bonds is 17. The van der Waals surface area contributed by atoms with Crippen molar-refractivity contribution in [2.24, 2.45) is 0 Å². The summed E-state index contributed by atoms with van der Waals surface area (Å²) in [6.07, 6.45) is 3.28. The van der Waals surface area contributed by atoms with Crippen LogP contribution in [0, 0.1) is 0 Å². The van der Waals surface area contributed by atoms with Gasteiger partial charge in [-0.3, -0.25) is 28.5 Å². The molecule has 0 amide bonds. The second kappa shape index (κ2) is 16.9. The number of nitrogens with zero attached hydrogens (tertiary/aromatic N) is 4. The molecule has 6 aromatic rings. The minimum Gasteiger partial charge on any atom is -0.307 e. The largest absolute Gasteiger partial charge is 0.328 e. The number of aromatic nitrogens is 4. The van der Waals surface area contributed by atoms with Crippen LogP contribution in [0.15, 0.2) is 128 Å². The molecule has 0 saturated heterocycles. The van der Waals surface area contributed by atoms with Crippen molar-refractivity contribution < 1.29 is 0 Å². The standard InChI is InChI=1S/C40H44N6O4/c47-37-33-19-7-9-21-35(33)41-39(49)45(37)27-13-25-43(29-31-15-3-1-4-16-31)23-11-12-24-44(30-32-17-5-2-6-18-32)26-14-28-46-38(48)34-20-8-10-22-36(34)42-40(46)50/h1-10,15-22H,11-14,23-30H2,(H,41,49)(H,42,50). The second-order valence-electron chi connectivity index (χ2n) is 12.8. The molecule has 0 radical (unpaired) electrons. The highest BCUT2D eigenvalue weighted by Crippen LogP contribution is 2.11. The van der Waals surface area contributed by atoms with Gasteiger partial charge in [0, 0.05) is 39.3 Å². The molecule has 0 aliphatic heterocycles. The van der Waals surface area contributed by atoms with E-state index in [4.69, 9.17) is 0 Å². The summed E-state index contributed by atoms with van der Waals surface area (Å²) < 4.78 is 2.62. The number of nitrogens with one attached hydrogen (secondary N) is 2. The molecule has 6 rings (SSSR count). The third kappa shape index (κ3) is 8.82. The highest BCUT2D eigenvalue weighted by atomic mass is 16.2. The second-order valence-corrected chi connectivity index (χ2v) is 12.8. The first-order chi connectivity index (χ1) is 24.5. The minimum atomic E-state index is -0.378. The molecule has 2 N–H and O–H groups in total. The molecular formula is C40H44N6O4. The van der Waals surface area contributed by atoms with Gasteiger partial charge in [-0.15, -0.1) is 0 Å². The van der Waals surface area contributed by atoms with E-state index in [0.29, 0.717) is 47.7 Å². The topological polar surface area (TPSA) is 116 Å². The van der Waals surface area contributed by atoms with E-state index in [-0.39, 0.29) is 22.5 Å². The summed E-state index contributed by atoms with van der Waals surface area (Å²) in [5.74, 6) is 0. The Labute approximate surface area is 290 Å². The van der Waals surface area contributed by atoms with Gasteiger partial charge in [-0.25, -0.2) is 9.59 Å². The molecule has 2 aromatic heterocycles. The molecule has 10 nitrogen and oxygen atoms in total. The van der Waals surface area contributed by atoms with Crippen LogP contribution in [0.5, 0.6) is 0 Å². The van der Waals surface area contributed by atoms with Crippen molar-refractivity contribution in [1.29, 1.82) is 0 Å². The van der Waals surface area contributed by atoms with Gasteiger partial charge < -0.3 is 9.97 Å². The number of hydrogen-bond donors (Lipinski definition) is 2. The molecule has 0 atom stereocenters. The monoisotopic (exact) mass is 672 g/mol. The molecule has 0 fully saturated rings. The third-order valence-electron chi connectivity index (χ3n) is 9.19. The normalized spacial score (nSPS) is 11.6. The van der Waals surface area contributed by atoms with Crippen LogP contribution in [0.2, 0.25) is 0 Å². The number of unbranched alkanes of at least 4 members (excludes halogenated alkanes) is 1. The van der Waals surface area contributed by atoms with E-state index >= 15 is 0 Å². The lowest BCUT2D eigenvalue weighted by Crippen LogP contribution is -2.36. The Kier molecular flexibility index (Phi) is 11.7. The van der Waals surface area contributed by atoms with Gasteiger partial charge in [-0.2, -0.15) is 0 Å². The minimum absolute atomic E-state index is 0.257. The predicted octanol–water partition coefficient (Wildman–Crippen LogP) is 4.96. The van der Waals surface area contributed by atoms with Crippen LogP contribution in [0.4, 0.5) is 0 Å². The van der Waals surface area contributed by atoms with E-state index in [2.05, 4.69) is 44.0 Å². The number of para-hydroxylation sites is 2. The van der Waals surface area contributed by atoms with E-state index in [1.165, 1.54) is 20.3 Å². The quantitative estimate of drug-likeness (QED) is 0.133. The molecule has 50 heavy (non-hydrogen) atoms. The zero-order valence-corrected chi connectivity index (χ0v) is 28.3. The highest BCUT2D eigenvalue weighted by molar-refractivity contribution is 5.77. The van der Waals surface area contributed by atoms with Crippen molar-refractivity contribution in [2.45, 2.75) is 51.9 Å². The summed E-state index contributed by atoms with van der Waals surface area (Å²) in [5, 5.41) is 1.04. The zero-order valence-electron chi connectivity index (χ0n) is 28.3. The zero-order chi connectivity index (χ0) is 34.7. The summed E-state index contributed by atoms with van der Waals surface area (Å²) in [5.41, 5.74) is 2.29. The van der Waals surface area contributed by atoms with Gasteiger partial charge in [0.15, 0.2) is 0 Å². The first kappa shape index (κ1) is 34.5. The lowest BCUT2D eigenvalue weighted by atomic mass is 10.1. The molecule has 4 aromatic carbocycles. The van der Waals surface area contributed by atoms with Crippen LogP contribution >= 0.6 is 0 Å². The average molecular weight is 673 g/mol. The Hall–Kier alpha value is -5.32. The van der Waals surface area contributed by atoms with Crippen molar-refractivity contribution in [1.82, 2.24) is 28.9 Å². The molecule has 0 unspecified atom stereocenters. The first-order valence-electron chi connectivity index (χ1n) is 17.4. The fourth-order valence-electron chi connectivity index (χ4n) is 6.60. The Morgan fingerprint density at radius 2 is 0.800 bits per heavy atom. The van der Waals surface area contributed by atoms with Crippen molar-refractivity contribution in [3.8, 4) is 0 Å². The van der Waals surface area contributed by atoms with E-state index in [9.17, 15) is 19.2 Å². The lowest BCUT2D eigenvalue weighted by molar-refractivity contribution is 0.224. The van der Waals surface area contributed by atoms with Crippen molar-refractivity contribution in [3.05, 3.63) is 162 Å². The molecule has 0 spiro atoms. The molecule has 0 bridgehead atoms. The Bertz CT molecular complexity index is 2080. The number of H-pyrrole nitrogens is 2. The molecule has 0 aliphatic carbocycles. The summed E-state index contributed by atoms with van der Waals surface area (Å²) in [4.78, 5) is 62.0. The third-order valence-corrected chi connectivity index (χ3v) is 9.19. The van der Waals surface area contributed by atoms with Gasteiger partial charge in [0.05, 0.1) is 21.8 Å². The lowest BCUT2D eigenvalue weighted by Gasteiger charge is -2.25. The van der Waals surface area contributed by atoms with Gasteiger partial charge in [0.2, 0.25) is 0 Å². The smallest absolute Gasteiger partial charge is 0.307 e. The van der Waals surface area contributed by atoms with Crippen molar-refractivity contribution >= 4 is 21.8 Å². The van der Waals surface area contributed by atoms with Crippen LogP contribution in [0.1, 0.15) is 36.8 Å². The SMILES string of the molecule is O=c1[nH]c2ccccc2c(=O)n1CCCN(CCCCN(CCCn1c(=O)[nH]c2ccccc2c1=O)Cc1ccccc1)Cc1ccccc1. The highest BCUT2D eigenvalue weighted by Gasteiger charge is 2.13. The molecule has 0 aliphatic rings. The van der Waals surface area contributed by atoms with E-state index in [1.54, 1.807) is 36.4 Å². The number of benzene rings is 4. The molecule has 2 heterocycles. The van der Waals surface area contributed by atoms with Crippen molar-refractivity contribution in [2.75, 3.05) is 26.2 Å². The van der Waals surface area contributed by atoms with E-state index in [1.807, 2.05) is 48.5 Å². The number of aromatic amines is 2. The van der Waals surface area contributed by atoms with Crippen LogP contribution in [0.3, 0.4) is 0 Å². The Balaban J connectivity index is 1.07. The predicted molar refractivity (Wildman–Crippen MR) is 200 cm³/mol. The molecule has 0 saturated carbocycles. The van der Waals surface area contributed by atoms with Gasteiger partial charge in [0.1, 0.15) is 0 Å². The van der Waals surface area contributed by atoms with Gasteiger partial charge in [-0.05, 0) is 74.2 Å². The van der Waals surface area contributed by atoms with Gasteiger partial charge in [-0.1, -0.05) is 84.9 Å². The summed E-state index contributed by atoms with van der Waals surface area (Å²) in [6, 6.07) is 34.9. The summed E-state index contributed by atoms with van der Waals surface area (Å²) in [6.45, 7) is 5.50. The first-order valence-corrected chi connectivity index (χ1v) is 17.4. The number of fused-ring (bicyclic) bond motifs is 2. The average Bonchev–Trinajstić information content (AvgIpc) is 3.13. The number of hydrogen-bond acceptors (Lipinski definition) is 6. The van der Waals surface area contributed by atoms with Crippen LogP contribution < -0.4 is 22.5 Å². The van der Waals surface area contributed by atoms with Gasteiger partial charge >= 0.3 is 11.4 Å². The van der Waals surface area contributed by atoms with Crippen LogP contribution in [-0.4, -0.2) is 55.1 Å². The fraction of sp³-hybridized carbons (Fsp3) is 0.300. The molecule has 258 valence electrons. The van der Waals surface area contributed by atoms with E-state index < -0.39 is 0 Å². The molecular weight excluding hydrogens is 628 g/mol. The summed E-state index contributed by atoms with van der Waals surface area (Å²) >= 11 is 0. The van der Waals surface area contributed by atoms with E-state index in [0.717, 1.165) is 52.1 Å². The maximum atomic E-state index is 13.1. The summed E-state index contributed by atoms with van der Waals surface area (Å²) in [7, 11) is 0.